The summed E-state index contributed by atoms with van der Waals surface area (Å²) in [6, 6.07) is 14.6. The van der Waals surface area contributed by atoms with Crippen molar-refractivity contribution in [3.63, 3.8) is 0 Å². The predicted octanol–water partition coefficient (Wildman–Crippen LogP) is 2.57. The monoisotopic (exact) mass is 343 g/mol. The van der Waals surface area contributed by atoms with Crippen LogP contribution < -0.4 is 5.32 Å². The fourth-order valence-corrected chi connectivity index (χ4v) is 3.70. The largest absolute Gasteiger partial charge is 0.350 e. The van der Waals surface area contributed by atoms with Crippen LogP contribution in [-0.2, 0) is 17.9 Å². The first-order valence-electron chi connectivity index (χ1n) is 8.53. The molecule has 5 heteroatoms. The van der Waals surface area contributed by atoms with Crippen molar-refractivity contribution in [1.29, 1.82) is 0 Å². The molecule has 0 saturated carbocycles. The van der Waals surface area contributed by atoms with E-state index in [9.17, 15) is 4.79 Å². The van der Waals surface area contributed by atoms with Gasteiger partial charge in [-0.05, 0) is 23.9 Å². The van der Waals surface area contributed by atoms with Crippen LogP contribution in [0.4, 0.5) is 0 Å². The molecule has 0 bridgehead atoms. The van der Waals surface area contributed by atoms with Gasteiger partial charge in [-0.25, -0.2) is 0 Å². The second-order valence-electron chi connectivity index (χ2n) is 6.27. The highest BCUT2D eigenvalue weighted by Crippen LogP contribution is 2.12. The number of carbonyl (C=O) groups excluding carboxylic acids is 1. The summed E-state index contributed by atoms with van der Waals surface area (Å²) in [7, 11) is 0. The van der Waals surface area contributed by atoms with Gasteiger partial charge in [0, 0.05) is 37.6 Å². The van der Waals surface area contributed by atoms with E-state index in [1.165, 1.54) is 10.4 Å². The van der Waals surface area contributed by atoms with Crippen LogP contribution in [0, 0.1) is 0 Å². The third-order valence-corrected chi connectivity index (χ3v) is 5.48. The van der Waals surface area contributed by atoms with E-state index in [2.05, 4.69) is 51.5 Å². The molecule has 4 nitrogen and oxygen atoms in total. The first-order valence-corrected chi connectivity index (χ1v) is 9.41. The highest BCUT2D eigenvalue weighted by atomic mass is 32.1. The van der Waals surface area contributed by atoms with Crippen molar-refractivity contribution in [2.75, 3.05) is 26.2 Å². The van der Waals surface area contributed by atoms with Gasteiger partial charge in [0.05, 0.1) is 12.6 Å². The molecule has 1 saturated heterocycles. The van der Waals surface area contributed by atoms with Crippen molar-refractivity contribution >= 4 is 17.2 Å². The second kappa shape index (κ2) is 8.42. The molecule has 0 aliphatic carbocycles. The molecule has 0 radical (unpaired) electrons. The van der Waals surface area contributed by atoms with Gasteiger partial charge in [-0.2, -0.15) is 0 Å². The smallest absolute Gasteiger partial charge is 0.237 e. The molecule has 1 amide bonds. The highest BCUT2D eigenvalue weighted by Gasteiger charge is 2.25. The number of carbonyl (C=O) groups is 1. The Bertz CT molecular complexity index is 621. The van der Waals surface area contributed by atoms with Crippen molar-refractivity contribution in [2.45, 2.75) is 26.1 Å². The summed E-state index contributed by atoms with van der Waals surface area (Å²) in [5, 5.41) is 5.09. The van der Waals surface area contributed by atoms with E-state index >= 15 is 0 Å². The topological polar surface area (TPSA) is 35.6 Å². The third kappa shape index (κ3) is 4.66. The Hall–Kier alpha value is -1.69. The third-order valence-electron chi connectivity index (χ3n) is 4.60. The lowest BCUT2D eigenvalue weighted by molar-refractivity contribution is -0.126. The zero-order valence-corrected chi connectivity index (χ0v) is 15.0. The van der Waals surface area contributed by atoms with Gasteiger partial charge in [-0.15, -0.1) is 11.3 Å². The van der Waals surface area contributed by atoms with Crippen LogP contribution in [0.15, 0.2) is 47.8 Å². The van der Waals surface area contributed by atoms with Crippen molar-refractivity contribution < 1.29 is 4.79 Å². The van der Waals surface area contributed by atoms with Crippen LogP contribution >= 0.6 is 11.3 Å². The summed E-state index contributed by atoms with van der Waals surface area (Å²) in [5.74, 6) is 0.125. The maximum absolute atomic E-state index is 12.3. The van der Waals surface area contributed by atoms with E-state index in [1.807, 2.05) is 18.4 Å². The number of piperazine rings is 1. The van der Waals surface area contributed by atoms with Gasteiger partial charge in [0.25, 0.3) is 0 Å². The normalized spacial score (nSPS) is 17.5. The van der Waals surface area contributed by atoms with E-state index in [-0.39, 0.29) is 11.9 Å². The maximum Gasteiger partial charge on any atom is 0.237 e. The molecule has 1 fully saturated rings. The molecule has 1 aliphatic rings. The SMILES string of the molecule is C[C@@H](C(=O)NCc1cccs1)N1CCN(Cc2ccccc2)CC1. The van der Waals surface area contributed by atoms with Crippen LogP contribution in [0.3, 0.4) is 0 Å². The van der Waals surface area contributed by atoms with Crippen molar-refractivity contribution in [1.82, 2.24) is 15.1 Å². The van der Waals surface area contributed by atoms with Crippen molar-refractivity contribution in [3.05, 3.63) is 58.3 Å². The zero-order valence-electron chi connectivity index (χ0n) is 14.1. The Kier molecular flexibility index (Phi) is 6.01. The van der Waals surface area contributed by atoms with E-state index < -0.39 is 0 Å². The lowest BCUT2D eigenvalue weighted by atomic mass is 10.1. The molecule has 3 rings (SSSR count). The lowest BCUT2D eigenvalue weighted by Gasteiger charge is -2.37. The average molecular weight is 343 g/mol. The number of benzene rings is 1. The molecule has 0 unspecified atom stereocenters. The number of hydrogen-bond donors (Lipinski definition) is 1. The summed E-state index contributed by atoms with van der Waals surface area (Å²) < 4.78 is 0. The number of amides is 1. The summed E-state index contributed by atoms with van der Waals surface area (Å²) in [5.41, 5.74) is 1.35. The van der Waals surface area contributed by atoms with Crippen LogP contribution in [0.2, 0.25) is 0 Å². The summed E-state index contributed by atoms with van der Waals surface area (Å²) in [4.78, 5) is 18.3. The van der Waals surface area contributed by atoms with Gasteiger partial charge in [-0.1, -0.05) is 36.4 Å². The quantitative estimate of drug-likeness (QED) is 0.876. The van der Waals surface area contributed by atoms with Crippen LogP contribution in [0.1, 0.15) is 17.4 Å². The van der Waals surface area contributed by atoms with Crippen LogP contribution in [0.25, 0.3) is 0 Å². The molecule has 1 aliphatic heterocycles. The highest BCUT2D eigenvalue weighted by molar-refractivity contribution is 7.09. The number of nitrogens with one attached hydrogen (secondary N) is 1. The Labute approximate surface area is 148 Å². The number of hydrogen-bond acceptors (Lipinski definition) is 4. The molecule has 1 N–H and O–H groups in total. The Morgan fingerprint density at radius 2 is 1.88 bits per heavy atom. The van der Waals surface area contributed by atoms with Gasteiger partial charge in [0.2, 0.25) is 5.91 Å². The molecular formula is C19H25N3OS. The first kappa shape index (κ1) is 17.1. The van der Waals surface area contributed by atoms with Crippen LogP contribution in [0.5, 0.6) is 0 Å². The molecule has 1 atom stereocenters. The summed E-state index contributed by atoms with van der Waals surface area (Å²) >= 11 is 1.68. The van der Waals surface area contributed by atoms with Crippen LogP contribution in [-0.4, -0.2) is 47.9 Å². The number of nitrogens with zero attached hydrogens (tertiary/aromatic N) is 2. The van der Waals surface area contributed by atoms with Gasteiger partial charge >= 0.3 is 0 Å². The lowest BCUT2D eigenvalue weighted by Crippen LogP contribution is -2.53. The molecule has 128 valence electrons. The zero-order chi connectivity index (χ0) is 16.8. The molecular weight excluding hydrogens is 318 g/mol. The molecule has 0 spiro atoms. The number of thiophene rings is 1. The van der Waals surface area contributed by atoms with Gasteiger partial charge in [0.1, 0.15) is 0 Å². The molecule has 1 aromatic carbocycles. The van der Waals surface area contributed by atoms with Gasteiger partial charge in [-0.3, -0.25) is 14.6 Å². The molecule has 24 heavy (non-hydrogen) atoms. The van der Waals surface area contributed by atoms with Crippen molar-refractivity contribution in [3.8, 4) is 0 Å². The van der Waals surface area contributed by atoms with Gasteiger partial charge < -0.3 is 5.32 Å². The van der Waals surface area contributed by atoms with Crippen molar-refractivity contribution in [2.24, 2.45) is 0 Å². The fraction of sp³-hybridized carbons (Fsp3) is 0.421. The van der Waals surface area contributed by atoms with E-state index in [0.717, 1.165) is 32.7 Å². The van der Waals surface area contributed by atoms with E-state index in [0.29, 0.717) is 6.54 Å². The minimum absolute atomic E-state index is 0.0659. The van der Waals surface area contributed by atoms with E-state index in [4.69, 9.17) is 0 Å². The van der Waals surface area contributed by atoms with Gasteiger partial charge in [0.15, 0.2) is 0 Å². The second-order valence-corrected chi connectivity index (χ2v) is 7.30. The Morgan fingerprint density at radius 3 is 2.54 bits per heavy atom. The molecule has 2 aromatic rings. The average Bonchev–Trinajstić information content (AvgIpc) is 3.14. The minimum Gasteiger partial charge on any atom is -0.350 e. The minimum atomic E-state index is -0.0659. The van der Waals surface area contributed by atoms with E-state index in [1.54, 1.807) is 11.3 Å². The summed E-state index contributed by atoms with van der Waals surface area (Å²) in [6.07, 6.45) is 0. The summed E-state index contributed by atoms with van der Waals surface area (Å²) in [6.45, 7) is 7.55. The number of rotatable bonds is 6. The Balaban J connectivity index is 1.42. The molecule has 1 aromatic heterocycles. The predicted molar refractivity (Wildman–Crippen MR) is 98.9 cm³/mol. The fourth-order valence-electron chi connectivity index (χ4n) is 3.05. The molecule has 2 heterocycles. The maximum atomic E-state index is 12.3. The standard InChI is InChI=1S/C19H25N3OS/c1-16(19(23)20-14-18-8-5-13-24-18)22-11-9-21(10-12-22)15-17-6-3-2-4-7-17/h2-8,13,16H,9-12,14-15H2,1H3,(H,20,23)/t16-/m0/s1. The Morgan fingerprint density at radius 1 is 1.12 bits per heavy atom. The first-order chi connectivity index (χ1) is 11.7.